The van der Waals surface area contributed by atoms with Crippen molar-refractivity contribution in [2.45, 2.75) is 38.2 Å². The molecule has 134 valence electrons. The van der Waals surface area contributed by atoms with E-state index in [9.17, 15) is 13.6 Å². The number of alkyl halides is 2. The van der Waals surface area contributed by atoms with Crippen LogP contribution in [-0.4, -0.2) is 46.7 Å². The molecule has 0 spiro atoms. The maximum Gasteiger partial charge on any atom is 0.303 e. The van der Waals surface area contributed by atoms with Crippen LogP contribution in [0.25, 0.3) is 0 Å². The molecular formula is C17H20F2N4O2. The highest BCUT2D eigenvalue weighted by Crippen LogP contribution is 2.56. The van der Waals surface area contributed by atoms with Gasteiger partial charge in [-0.25, -0.2) is 4.98 Å². The summed E-state index contributed by atoms with van der Waals surface area (Å²) in [6, 6.07) is 0.284. The highest BCUT2D eigenvalue weighted by Gasteiger charge is 2.58. The van der Waals surface area contributed by atoms with Gasteiger partial charge in [-0.05, 0) is 31.1 Å². The molecule has 0 unspecified atom stereocenters. The number of carbonyl (C=O) groups is 1. The van der Waals surface area contributed by atoms with Crippen molar-refractivity contribution in [3.63, 3.8) is 0 Å². The van der Waals surface area contributed by atoms with E-state index in [1.54, 1.807) is 0 Å². The molecule has 2 saturated heterocycles. The van der Waals surface area contributed by atoms with Crippen LogP contribution in [-0.2, 0) is 17.1 Å². The number of nitrogens with zero attached hydrogens (tertiary/aromatic N) is 4. The van der Waals surface area contributed by atoms with E-state index in [0.717, 1.165) is 13.0 Å². The summed E-state index contributed by atoms with van der Waals surface area (Å²) in [4.78, 5) is 23.7. The van der Waals surface area contributed by atoms with E-state index in [1.165, 1.54) is 0 Å². The number of hydrogen-bond donors (Lipinski definition) is 1. The molecule has 0 bridgehead atoms. The number of halogens is 2. The average molecular weight is 350 g/mol. The Hall–Kier alpha value is -1.99. The Labute approximate surface area is 143 Å². The first-order valence-corrected chi connectivity index (χ1v) is 8.88. The second kappa shape index (κ2) is 4.80. The molecule has 0 aromatic carbocycles. The number of fused-ring (bicyclic) bond motifs is 2. The highest BCUT2D eigenvalue weighted by atomic mass is 19.3. The number of aliphatic carboxylic acids is 1. The summed E-state index contributed by atoms with van der Waals surface area (Å²) in [5.74, 6) is -1.61. The van der Waals surface area contributed by atoms with Crippen LogP contribution in [0.5, 0.6) is 0 Å². The topological polar surface area (TPSA) is 69.6 Å². The zero-order valence-corrected chi connectivity index (χ0v) is 14.0. The minimum absolute atomic E-state index is 0.116. The lowest BCUT2D eigenvalue weighted by molar-refractivity contribution is -0.137. The van der Waals surface area contributed by atoms with E-state index < -0.39 is 11.9 Å². The Morgan fingerprint density at radius 1 is 1.32 bits per heavy atom. The van der Waals surface area contributed by atoms with Gasteiger partial charge in [0, 0.05) is 44.1 Å². The lowest BCUT2D eigenvalue weighted by Crippen LogP contribution is -2.48. The lowest BCUT2D eigenvalue weighted by atomic mass is 9.89. The van der Waals surface area contributed by atoms with Crippen LogP contribution in [0.1, 0.15) is 31.0 Å². The molecule has 25 heavy (non-hydrogen) atoms. The van der Waals surface area contributed by atoms with E-state index in [4.69, 9.17) is 5.11 Å². The maximum atomic E-state index is 14.0. The monoisotopic (exact) mass is 350 g/mol. The molecule has 1 saturated carbocycles. The summed E-state index contributed by atoms with van der Waals surface area (Å²) in [5, 5.41) is 8.94. The van der Waals surface area contributed by atoms with Crippen molar-refractivity contribution in [2.75, 3.05) is 29.4 Å². The Morgan fingerprint density at radius 2 is 2.04 bits per heavy atom. The van der Waals surface area contributed by atoms with Crippen LogP contribution in [0.2, 0.25) is 0 Å². The largest absolute Gasteiger partial charge is 0.481 e. The van der Waals surface area contributed by atoms with Crippen molar-refractivity contribution in [3.05, 3.63) is 11.3 Å². The molecule has 4 aliphatic rings. The summed E-state index contributed by atoms with van der Waals surface area (Å²) in [6.07, 6.45) is 0.939. The van der Waals surface area contributed by atoms with E-state index in [1.807, 2.05) is 11.8 Å². The van der Waals surface area contributed by atoms with Crippen LogP contribution >= 0.6 is 0 Å². The second-order valence-electron chi connectivity index (χ2n) is 7.88. The van der Waals surface area contributed by atoms with Crippen molar-refractivity contribution in [1.82, 2.24) is 9.97 Å². The summed E-state index contributed by atoms with van der Waals surface area (Å²) in [6.45, 7) is 4.28. The molecule has 4 atom stereocenters. The zero-order chi connectivity index (χ0) is 17.5. The quantitative estimate of drug-likeness (QED) is 0.894. The van der Waals surface area contributed by atoms with Gasteiger partial charge in [-0.2, -0.15) is 13.8 Å². The molecule has 1 N–H and O–H groups in total. The van der Waals surface area contributed by atoms with E-state index in [2.05, 4.69) is 14.9 Å². The number of aromatic nitrogens is 2. The fraction of sp³-hybridized carbons (Fsp3) is 0.706. The molecular weight excluding hydrogens is 330 g/mol. The van der Waals surface area contributed by atoms with Gasteiger partial charge in [0.1, 0.15) is 11.5 Å². The third-order valence-corrected chi connectivity index (χ3v) is 6.38. The standard InChI is InChI=1S/C17H20F2N4O2/c1-8-2-3-23(8)16-20-14-10(5-17(14,18)19)15(21-16)22-6-11-9(4-13(24)25)12(11)7-22/h8-9,11-12H,2-7H2,1H3,(H,24,25)/t8-,9-,11-,12+/m1/s1. The van der Waals surface area contributed by atoms with Crippen molar-refractivity contribution in [3.8, 4) is 0 Å². The fourth-order valence-corrected chi connectivity index (χ4v) is 4.66. The van der Waals surface area contributed by atoms with Crippen LogP contribution in [0, 0.1) is 17.8 Å². The first-order valence-electron chi connectivity index (χ1n) is 8.88. The second-order valence-corrected chi connectivity index (χ2v) is 7.88. The molecule has 6 nitrogen and oxygen atoms in total. The summed E-state index contributed by atoms with van der Waals surface area (Å²) in [5.41, 5.74) is 0.451. The Bertz CT molecular complexity index is 759. The van der Waals surface area contributed by atoms with Gasteiger partial charge in [0.2, 0.25) is 5.95 Å². The van der Waals surface area contributed by atoms with Gasteiger partial charge in [0.15, 0.2) is 0 Å². The number of rotatable bonds is 4. The van der Waals surface area contributed by atoms with Gasteiger partial charge < -0.3 is 14.9 Å². The first-order chi connectivity index (χ1) is 11.8. The van der Waals surface area contributed by atoms with E-state index >= 15 is 0 Å². The normalized spacial score (nSPS) is 34.0. The van der Waals surface area contributed by atoms with Gasteiger partial charge in [-0.3, -0.25) is 4.79 Å². The van der Waals surface area contributed by atoms with Gasteiger partial charge in [0.25, 0.3) is 5.92 Å². The smallest absolute Gasteiger partial charge is 0.303 e. The summed E-state index contributed by atoms with van der Waals surface area (Å²) < 4.78 is 27.9. The highest BCUT2D eigenvalue weighted by molar-refractivity contribution is 5.68. The van der Waals surface area contributed by atoms with Gasteiger partial charge in [-0.15, -0.1) is 0 Å². The Morgan fingerprint density at radius 3 is 2.56 bits per heavy atom. The van der Waals surface area contributed by atoms with Crippen LogP contribution < -0.4 is 9.80 Å². The van der Waals surface area contributed by atoms with Crippen LogP contribution in [0.4, 0.5) is 20.5 Å². The molecule has 8 heteroatoms. The summed E-state index contributed by atoms with van der Waals surface area (Å²) in [7, 11) is 0. The predicted octanol–water partition coefficient (Wildman–Crippen LogP) is 1.88. The van der Waals surface area contributed by atoms with E-state index in [-0.39, 0.29) is 30.5 Å². The SMILES string of the molecule is C[C@@H]1CCN1c1nc(N2C[C@@H]3[C@@H](CC(=O)O)[C@@H]3C2)c2c(n1)C(F)(F)C2. The van der Waals surface area contributed by atoms with Crippen molar-refractivity contribution in [2.24, 2.45) is 17.8 Å². The molecule has 3 fully saturated rings. The zero-order valence-electron chi connectivity index (χ0n) is 14.0. The van der Waals surface area contributed by atoms with Gasteiger partial charge >= 0.3 is 5.97 Å². The van der Waals surface area contributed by atoms with Crippen LogP contribution in [0.15, 0.2) is 0 Å². The van der Waals surface area contributed by atoms with Gasteiger partial charge in [-0.1, -0.05) is 0 Å². The van der Waals surface area contributed by atoms with Crippen molar-refractivity contribution in [1.29, 1.82) is 0 Å². The minimum Gasteiger partial charge on any atom is -0.481 e. The van der Waals surface area contributed by atoms with Crippen molar-refractivity contribution >= 4 is 17.7 Å². The molecule has 5 rings (SSSR count). The molecule has 1 aromatic heterocycles. The number of carboxylic acids is 1. The predicted molar refractivity (Wildman–Crippen MR) is 86.0 cm³/mol. The number of carboxylic acid groups (broad SMARTS) is 1. The molecule has 0 radical (unpaired) electrons. The molecule has 3 heterocycles. The first kappa shape index (κ1) is 15.3. The fourth-order valence-electron chi connectivity index (χ4n) is 4.66. The van der Waals surface area contributed by atoms with Crippen molar-refractivity contribution < 1.29 is 18.7 Å². The molecule has 2 aliphatic carbocycles. The molecule has 1 aromatic rings. The van der Waals surface area contributed by atoms with Gasteiger partial charge in [0.05, 0.1) is 0 Å². The Kier molecular flexibility index (Phi) is 2.93. The third-order valence-electron chi connectivity index (χ3n) is 6.38. The number of piperidine rings is 1. The maximum absolute atomic E-state index is 14.0. The molecule has 0 amide bonds. The Balaban J connectivity index is 1.42. The average Bonchev–Trinajstić information content (AvgIpc) is 2.95. The molecule has 2 aliphatic heterocycles. The van der Waals surface area contributed by atoms with E-state index in [0.29, 0.717) is 42.3 Å². The summed E-state index contributed by atoms with van der Waals surface area (Å²) >= 11 is 0. The van der Waals surface area contributed by atoms with Crippen LogP contribution in [0.3, 0.4) is 0 Å². The minimum atomic E-state index is -2.86. The number of hydrogen-bond acceptors (Lipinski definition) is 5. The number of anilines is 2. The lowest BCUT2D eigenvalue weighted by Gasteiger charge is -2.41. The third kappa shape index (κ3) is 2.15.